The summed E-state index contributed by atoms with van der Waals surface area (Å²) in [7, 11) is 0. The monoisotopic (exact) mass is 341 g/mol. The fraction of sp³-hybridized carbons (Fsp3) is 0.278. The van der Waals surface area contributed by atoms with Crippen molar-refractivity contribution in [2.45, 2.75) is 33.9 Å². The van der Waals surface area contributed by atoms with Gasteiger partial charge in [-0.3, -0.25) is 14.2 Å². The fourth-order valence-electron chi connectivity index (χ4n) is 2.61. The number of benzene rings is 1. The Morgan fingerprint density at radius 3 is 2.62 bits per heavy atom. The molecule has 0 radical (unpaired) electrons. The third-order valence-corrected chi connectivity index (χ3v) is 5.22. The molecule has 1 N–H and O–H groups in total. The van der Waals surface area contributed by atoms with Crippen LogP contribution in [0.2, 0.25) is 0 Å². The van der Waals surface area contributed by atoms with Crippen molar-refractivity contribution in [2.24, 2.45) is 0 Å². The van der Waals surface area contributed by atoms with Crippen molar-refractivity contribution in [3.8, 4) is 0 Å². The van der Waals surface area contributed by atoms with Gasteiger partial charge in [-0.05, 0) is 31.9 Å². The molecule has 24 heavy (non-hydrogen) atoms. The molecule has 1 aromatic carbocycles. The minimum Gasteiger partial charge on any atom is -0.350 e. The topological polar surface area (TPSA) is 64.0 Å². The van der Waals surface area contributed by atoms with E-state index in [-0.39, 0.29) is 18.0 Å². The van der Waals surface area contributed by atoms with Crippen LogP contribution in [0.15, 0.2) is 35.1 Å². The Morgan fingerprint density at radius 2 is 1.92 bits per heavy atom. The number of nitrogens with one attached hydrogen (secondary N) is 1. The van der Waals surface area contributed by atoms with Crippen molar-refractivity contribution in [1.82, 2.24) is 14.9 Å². The first kappa shape index (κ1) is 16.4. The Labute approximate surface area is 144 Å². The summed E-state index contributed by atoms with van der Waals surface area (Å²) in [5.74, 6) is 0.360. The van der Waals surface area contributed by atoms with Crippen LogP contribution in [0, 0.1) is 20.8 Å². The van der Waals surface area contributed by atoms with Gasteiger partial charge in [0.15, 0.2) is 0 Å². The number of nitrogens with zero attached hydrogens (tertiary/aromatic N) is 2. The Hall–Kier alpha value is -2.47. The quantitative estimate of drug-likeness (QED) is 0.793. The molecule has 0 saturated heterocycles. The maximum absolute atomic E-state index is 12.7. The third-order valence-electron chi connectivity index (χ3n) is 4.11. The standard InChI is InChI=1S/C18H19N3O2S/c1-11-12(2)24-17-16(11)18(23)21(13(3)20-17)10-15(22)19-9-14-7-5-4-6-8-14/h4-8H,9-10H2,1-3H3,(H,19,22). The fourth-order valence-corrected chi connectivity index (χ4v) is 3.68. The number of hydrogen-bond acceptors (Lipinski definition) is 4. The second kappa shape index (κ2) is 6.57. The highest BCUT2D eigenvalue weighted by molar-refractivity contribution is 7.18. The van der Waals surface area contributed by atoms with Crippen LogP contribution in [0.1, 0.15) is 21.8 Å². The molecule has 0 unspecified atom stereocenters. The third kappa shape index (κ3) is 3.10. The molecule has 0 bridgehead atoms. The van der Waals surface area contributed by atoms with Crippen LogP contribution in [0.25, 0.3) is 10.2 Å². The number of thiophene rings is 1. The van der Waals surface area contributed by atoms with Crippen LogP contribution in [-0.4, -0.2) is 15.5 Å². The Balaban J connectivity index is 1.83. The molecule has 0 fully saturated rings. The van der Waals surface area contributed by atoms with E-state index in [9.17, 15) is 9.59 Å². The molecule has 3 aromatic rings. The summed E-state index contributed by atoms with van der Waals surface area (Å²) in [4.78, 5) is 31.3. The van der Waals surface area contributed by atoms with Crippen molar-refractivity contribution < 1.29 is 4.79 Å². The Bertz CT molecular complexity index is 958. The predicted octanol–water partition coefficient (Wildman–Crippen LogP) is 2.70. The van der Waals surface area contributed by atoms with Gasteiger partial charge in [0.05, 0.1) is 5.39 Å². The normalized spacial score (nSPS) is 11.0. The van der Waals surface area contributed by atoms with Crippen molar-refractivity contribution in [1.29, 1.82) is 0 Å². The summed E-state index contributed by atoms with van der Waals surface area (Å²) in [6.07, 6.45) is 0. The van der Waals surface area contributed by atoms with Gasteiger partial charge in [-0.25, -0.2) is 4.98 Å². The molecule has 2 heterocycles. The molecule has 5 nitrogen and oxygen atoms in total. The van der Waals surface area contributed by atoms with E-state index in [0.717, 1.165) is 20.8 Å². The number of carbonyl (C=O) groups excluding carboxylic acids is 1. The lowest BCUT2D eigenvalue weighted by atomic mass is 10.2. The lowest BCUT2D eigenvalue weighted by Gasteiger charge is -2.10. The molecule has 124 valence electrons. The number of rotatable bonds is 4. The second-order valence-electron chi connectivity index (χ2n) is 5.78. The number of hydrogen-bond donors (Lipinski definition) is 1. The molecule has 0 spiro atoms. The zero-order valence-corrected chi connectivity index (χ0v) is 14.7. The van der Waals surface area contributed by atoms with Crippen LogP contribution < -0.4 is 10.9 Å². The predicted molar refractivity (Wildman–Crippen MR) is 96.4 cm³/mol. The van der Waals surface area contributed by atoms with Gasteiger partial charge in [0.1, 0.15) is 17.2 Å². The molecule has 0 aliphatic rings. The minimum absolute atomic E-state index is 0.0191. The van der Waals surface area contributed by atoms with Crippen LogP contribution in [0.5, 0.6) is 0 Å². The zero-order chi connectivity index (χ0) is 17.3. The molecule has 3 rings (SSSR count). The number of fused-ring (bicyclic) bond motifs is 1. The highest BCUT2D eigenvalue weighted by atomic mass is 32.1. The summed E-state index contributed by atoms with van der Waals surface area (Å²) < 4.78 is 1.45. The molecule has 0 aliphatic heterocycles. The minimum atomic E-state index is -0.199. The van der Waals surface area contributed by atoms with Crippen molar-refractivity contribution >= 4 is 27.5 Å². The maximum Gasteiger partial charge on any atom is 0.263 e. The van der Waals surface area contributed by atoms with Crippen molar-refractivity contribution in [3.05, 3.63) is 62.5 Å². The van der Waals surface area contributed by atoms with E-state index >= 15 is 0 Å². The van der Waals surface area contributed by atoms with E-state index in [2.05, 4.69) is 10.3 Å². The van der Waals surface area contributed by atoms with Crippen molar-refractivity contribution in [2.75, 3.05) is 0 Å². The molecule has 1 amide bonds. The van der Waals surface area contributed by atoms with E-state index in [0.29, 0.717) is 17.8 Å². The molecule has 0 atom stereocenters. The SMILES string of the molecule is Cc1sc2nc(C)n(CC(=O)NCc3ccccc3)c(=O)c2c1C. The molecule has 0 saturated carbocycles. The van der Waals surface area contributed by atoms with Gasteiger partial charge in [-0.2, -0.15) is 0 Å². The van der Waals surface area contributed by atoms with E-state index in [1.54, 1.807) is 6.92 Å². The first-order valence-corrected chi connectivity index (χ1v) is 8.56. The van der Waals surface area contributed by atoms with Gasteiger partial charge in [-0.15, -0.1) is 11.3 Å². The van der Waals surface area contributed by atoms with Crippen LogP contribution in [0.4, 0.5) is 0 Å². The lowest BCUT2D eigenvalue weighted by molar-refractivity contribution is -0.121. The van der Waals surface area contributed by atoms with Crippen molar-refractivity contribution in [3.63, 3.8) is 0 Å². The van der Waals surface area contributed by atoms with Gasteiger partial charge in [0, 0.05) is 11.4 Å². The zero-order valence-electron chi connectivity index (χ0n) is 13.9. The number of aromatic nitrogens is 2. The average molecular weight is 341 g/mol. The molecule has 2 aromatic heterocycles. The maximum atomic E-state index is 12.7. The molecular weight excluding hydrogens is 322 g/mol. The van der Waals surface area contributed by atoms with Gasteiger partial charge < -0.3 is 5.32 Å². The largest absolute Gasteiger partial charge is 0.350 e. The Kier molecular flexibility index (Phi) is 4.49. The first-order valence-electron chi connectivity index (χ1n) is 7.75. The molecule has 6 heteroatoms. The van der Waals surface area contributed by atoms with Gasteiger partial charge in [0.2, 0.25) is 5.91 Å². The summed E-state index contributed by atoms with van der Waals surface area (Å²) in [6.45, 7) is 6.09. The Morgan fingerprint density at radius 1 is 1.21 bits per heavy atom. The lowest BCUT2D eigenvalue weighted by Crippen LogP contribution is -2.33. The van der Waals surface area contributed by atoms with Crippen LogP contribution >= 0.6 is 11.3 Å². The smallest absolute Gasteiger partial charge is 0.263 e. The van der Waals surface area contributed by atoms with Gasteiger partial charge in [0.25, 0.3) is 5.56 Å². The molecule has 0 aliphatic carbocycles. The number of aryl methyl sites for hydroxylation is 3. The van der Waals surface area contributed by atoms with Crippen LogP contribution in [-0.2, 0) is 17.9 Å². The van der Waals surface area contributed by atoms with Crippen LogP contribution in [0.3, 0.4) is 0 Å². The average Bonchev–Trinajstić information content (AvgIpc) is 2.85. The van der Waals surface area contributed by atoms with E-state index in [1.165, 1.54) is 15.9 Å². The van der Waals surface area contributed by atoms with Gasteiger partial charge in [-0.1, -0.05) is 30.3 Å². The van der Waals surface area contributed by atoms with E-state index in [4.69, 9.17) is 0 Å². The molecular formula is C18H19N3O2S. The summed E-state index contributed by atoms with van der Waals surface area (Å²) >= 11 is 1.52. The summed E-state index contributed by atoms with van der Waals surface area (Å²) in [5, 5.41) is 3.47. The first-order chi connectivity index (χ1) is 11.5. The summed E-state index contributed by atoms with van der Waals surface area (Å²) in [5.41, 5.74) is 1.83. The second-order valence-corrected chi connectivity index (χ2v) is 6.98. The number of amides is 1. The highest BCUT2D eigenvalue weighted by Crippen LogP contribution is 2.26. The highest BCUT2D eigenvalue weighted by Gasteiger charge is 2.16. The number of carbonyl (C=O) groups is 1. The summed E-state index contributed by atoms with van der Waals surface area (Å²) in [6, 6.07) is 9.68. The van der Waals surface area contributed by atoms with E-state index < -0.39 is 0 Å². The van der Waals surface area contributed by atoms with E-state index in [1.807, 2.05) is 44.2 Å². The van der Waals surface area contributed by atoms with Gasteiger partial charge >= 0.3 is 0 Å².